The average molecular weight is 212 g/mol. The molecule has 82 valence electrons. The second-order valence-corrected chi connectivity index (χ2v) is 3.73. The van der Waals surface area contributed by atoms with Gasteiger partial charge in [0.15, 0.2) is 0 Å². The van der Waals surface area contributed by atoms with Crippen LogP contribution in [0.1, 0.15) is 5.56 Å². The van der Waals surface area contributed by atoms with E-state index >= 15 is 0 Å². The first kappa shape index (κ1) is 10.7. The molecule has 2 aromatic carbocycles. The maximum Gasteiger partial charge on any atom is 0.0337 e. The van der Waals surface area contributed by atoms with Crippen LogP contribution >= 0.6 is 0 Å². The molecule has 2 heteroatoms. The number of nitrogens with two attached hydrogens (primary N) is 1. The van der Waals surface area contributed by atoms with Crippen LogP contribution in [0.15, 0.2) is 48.5 Å². The van der Waals surface area contributed by atoms with Gasteiger partial charge in [-0.1, -0.05) is 36.4 Å². The van der Waals surface area contributed by atoms with Crippen LogP contribution in [-0.2, 0) is 6.54 Å². The molecule has 0 atom stereocenters. The Hall–Kier alpha value is -1.80. The first-order valence-electron chi connectivity index (χ1n) is 5.40. The molecule has 0 unspecified atom stereocenters. The van der Waals surface area contributed by atoms with Crippen molar-refractivity contribution in [2.75, 3.05) is 12.4 Å². The summed E-state index contributed by atoms with van der Waals surface area (Å²) in [5, 5.41) is 3.11. The zero-order valence-corrected chi connectivity index (χ0v) is 9.40. The Morgan fingerprint density at radius 3 is 1.81 bits per heavy atom. The molecule has 0 saturated carbocycles. The zero-order valence-electron chi connectivity index (χ0n) is 9.40. The standard InChI is InChI=1S/C14H16N2/c1-16-14-8-6-13(7-9-14)12-4-2-11(10-15)3-5-12/h2-9,16H,10,15H2,1H3. The van der Waals surface area contributed by atoms with Gasteiger partial charge in [0.05, 0.1) is 0 Å². The summed E-state index contributed by atoms with van der Waals surface area (Å²) in [6.07, 6.45) is 0. The summed E-state index contributed by atoms with van der Waals surface area (Å²) >= 11 is 0. The predicted molar refractivity (Wildman–Crippen MR) is 69.3 cm³/mol. The van der Waals surface area contributed by atoms with Crippen LogP contribution in [0.5, 0.6) is 0 Å². The van der Waals surface area contributed by atoms with Gasteiger partial charge in [-0.3, -0.25) is 0 Å². The summed E-state index contributed by atoms with van der Waals surface area (Å²) in [6.45, 7) is 0.596. The quantitative estimate of drug-likeness (QED) is 0.821. The number of hydrogen-bond acceptors (Lipinski definition) is 2. The molecular formula is C14H16N2. The third kappa shape index (κ3) is 2.23. The molecule has 2 nitrogen and oxygen atoms in total. The Morgan fingerprint density at radius 1 is 0.875 bits per heavy atom. The molecule has 0 radical (unpaired) electrons. The van der Waals surface area contributed by atoms with Crippen LogP contribution in [0.4, 0.5) is 5.69 Å². The van der Waals surface area contributed by atoms with Gasteiger partial charge < -0.3 is 11.1 Å². The third-order valence-corrected chi connectivity index (χ3v) is 2.70. The van der Waals surface area contributed by atoms with E-state index in [0.717, 1.165) is 11.3 Å². The maximum atomic E-state index is 5.57. The molecule has 0 aliphatic heterocycles. The maximum absolute atomic E-state index is 5.57. The van der Waals surface area contributed by atoms with Gasteiger partial charge in [0.1, 0.15) is 0 Å². The van der Waals surface area contributed by atoms with Crippen molar-refractivity contribution in [2.45, 2.75) is 6.54 Å². The molecule has 0 heterocycles. The van der Waals surface area contributed by atoms with E-state index in [1.165, 1.54) is 11.1 Å². The van der Waals surface area contributed by atoms with Crippen molar-refractivity contribution in [3.8, 4) is 11.1 Å². The predicted octanol–water partition coefficient (Wildman–Crippen LogP) is 2.85. The van der Waals surface area contributed by atoms with Gasteiger partial charge in [0, 0.05) is 19.3 Å². The van der Waals surface area contributed by atoms with Gasteiger partial charge in [0.25, 0.3) is 0 Å². The Kier molecular flexibility index (Phi) is 3.22. The van der Waals surface area contributed by atoms with Crippen LogP contribution in [0.25, 0.3) is 11.1 Å². The van der Waals surface area contributed by atoms with Crippen molar-refractivity contribution in [2.24, 2.45) is 5.73 Å². The molecule has 0 bridgehead atoms. The fourth-order valence-corrected chi connectivity index (χ4v) is 1.66. The minimum absolute atomic E-state index is 0.596. The minimum Gasteiger partial charge on any atom is -0.388 e. The molecule has 3 N–H and O–H groups in total. The van der Waals surface area contributed by atoms with Crippen LogP contribution < -0.4 is 11.1 Å². The molecule has 0 aromatic heterocycles. The monoisotopic (exact) mass is 212 g/mol. The van der Waals surface area contributed by atoms with E-state index < -0.39 is 0 Å². The SMILES string of the molecule is CNc1ccc(-c2ccc(CN)cc2)cc1. The molecule has 2 aromatic rings. The van der Waals surface area contributed by atoms with Crippen LogP contribution in [0.3, 0.4) is 0 Å². The van der Waals surface area contributed by atoms with Gasteiger partial charge in [-0.05, 0) is 28.8 Å². The average Bonchev–Trinajstić information content (AvgIpc) is 2.39. The Bertz CT molecular complexity index is 398. The summed E-state index contributed by atoms with van der Waals surface area (Å²) in [5.41, 5.74) is 10.3. The molecule has 0 saturated heterocycles. The fourth-order valence-electron chi connectivity index (χ4n) is 1.66. The summed E-state index contributed by atoms with van der Waals surface area (Å²) < 4.78 is 0. The van der Waals surface area contributed by atoms with E-state index in [1.807, 2.05) is 7.05 Å². The number of anilines is 1. The van der Waals surface area contributed by atoms with Crippen LogP contribution in [0, 0.1) is 0 Å². The largest absolute Gasteiger partial charge is 0.388 e. The number of benzene rings is 2. The van der Waals surface area contributed by atoms with E-state index in [0.29, 0.717) is 6.54 Å². The summed E-state index contributed by atoms with van der Waals surface area (Å²) in [7, 11) is 1.92. The topological polar surface area (TPSA) is 38.0 Å². The lowest BCUT2D eigenvalue weighted by Gasteiger charge is -2.05. The molecule has 16 heavy (non-hydrogen) atoms. The third-order valence-electron chi connectivity index (χ3n) is 2.70. The molecule has 0 aliphatic carbocycles. The van der Waals surface area contributed by atoms with Crippen LogP contribution in [0.2, 0.25) is 0 Å². The van der Waals surface area contributed by atoms with Gasteiger partial charge >= 0.3 is 0 Å². The van der Waals surface area contributed by atoms with Gasteiger partial charge in [-0.25, -0.2) is 0 Å². The molecule has 0 fully saturated rings. The summed E-state index contributed by atoms with van der Waals surface area (Å²) in [4.78, 5) is 0. The highest BCUT2D eigenvalue weighted by atomic mass is 14.8. The second-order valence-electron chi connectivity index (χ2n) is 3.73. The molecule has 0 aliphatic rings. The van der Waals surface area contributed by atoms with Crippen molar-refractivity contribution in [1.82, 2.24) is 0 Å². The second kappa shape index (κ2) is 4.81. The molecule has 0 amide bonds. The lowest BCUT2D eigenvalue weighted by molar-refractivity contribution is 1.07. The zero-order chi connectivity index (χ0) is 11.4. The highest BCUT2D eigenvalue weighted by Crippen LogP contribution is 2.21. The Labute approximate surface area is 96.1 Å². The van der Waals surface area contributed by atoms with E-state index in [9.17, 15) is 0 Å². The van der Waals surface area contributed by atoms with E-state index in [2.05, 4.69) is 53.8 Å². The normalized spacial score (nSPS) is 10.1. The molecular weight excluding hydrogens is 196 g/mol. The summed E-state index contributed by atoms with van der Waals surface area (Å²) in [5.74, 6) is 0. The Morgan fingerprint density at radius 2 is 1.38 bits per heavy atom. The first-order chi connectivity index (χ1) is 7.83. The van der Waals surface area contributed by atoms with Crippen molar-refractivity contribution in [3.63, 3.8) is 0 Å². The smallest absolute Gasteiger partial charge is 0.0337 e. The van der Waals surface area contributed by atoms with Gasteiger partial charge in [0.2, 0.25) is 0 Å². The van der Waals surface area contributed by atoms with Crippen LogP contribution in [-0.4, -0.2) is 7.05 Å². The van der Waals surface area contributed by atoms with Crippen molar-refractivity contribution < 1.29 is 0 Å². The lowest BCUT2D eigenvalue weighted by Crippen LogP contribution is -1.95. The first-order valence-corrected chi connectivity index (χ1v) is 5.40. The highest BCUT2D eigenvalue weighted by Gasteiger charge is 1.97. The van der Waals surface area contributed by atoms with Crippen molar-refractivity contribution in [3.05, 3.63) is 54.1 Å². The highest BCUT2D eigenvalue weighted by molar-refractivity contribution is 5.66. The number of hydrogen-bond donors (Lipinski definition) is 2. The number of nitrogens with one attached hydrogen (secondary N) is 1. The van der Waals surface area contributed by atoms with E-state index in [4.69, 9.17) is 5.73 Å². The fraction of sp³-hybridized carbons (Fsp3) is 0.143. The summed E-state index contributed by atoms with van der Waals surface area (Å²) in [6, 6.07) is 16.7. The van der Waals surface area contributed by atoms with E-state index in [-0.39, 0.29) is 0 Å². The van der Waals surface area contributed by atoms with Crippen molar-refractivity contribution in [1.29, 1.82) is 0 Å². The van der Waals surface area contributed by atoms with Crippen molar-refractivity contribution >= 4 is 5.69 Å². The molecule has 2 rings (SSSR count). The van der Waals surface area contributed by atoms with Gasteiger partial charge in [-0.2, -0.15) is 0 Å². The minimum atomic E-state index is 0.596. The lowest BCUT2D eigenvalue weighted by atomic mass is 10.0. The van der Waals surface area contributed by atoms with E-state index in [1.54, 1.807) is 0 Å². The molecule has 0 spiro atoms. The number of rotatable bonds is 3. The Balaban J connectivity index is 2.28. The van der Waals surface area contributed by atoms with Gasteiger partial charge in [-0.15, -0.1) is 0 Å².